The molecular weight excluding hydrogens is 310 g/mol. The summed E-state index contributed by atoms with van der Waals surface area (Å²) in [6, 6.07) is 13.9. The van der Waals surface area contributed by atoms with Crippen LogP contribution in [-0.4, -0.2) is 6.26 Å². The molecule has 0 saturated carbocycles. The van der Waals surface area contributed by atoms with Crippen molar-refractivity contribution in [1.82, 2.24) is 0 Å². The molecule has 2 N–H and O–H groups in total. The van der Waals surface area contributed by atoms with Crippen molar-refractivity contribution in [3.8, 4) is 11.5 Å². The van der Waals surface area contributed by atoms with E-state index >= 15 is 0 Å². The van der Waals surface area contributed by atoms with Crippen molar-refractivity contribution >= 4 is 27.7 Å². The number of halogens is 1. The fourth-order valence-corrected chi connectivity index (χ4v) is 2.44. The summed E-state index contributed by atoms with van der Waals surface area (Å²) in [6.07, 6.45) is 2.05. The van der Waals surface area contributed by atoms with E-state index in [9.17, 15) is 0 Å². The first-order chi connectivity index (χ1) is 8.72. The summed E-state index contributed by atoms with van der Waals surface area (Å²) in [4.78, 5) is 1.22. The summed E-state index contributed by atoms with van der Waals surface area (Å²) in [5.41, 5.74) is 6.67. The van der Waals surface area contributed by atoms with Crippen molar-refractivity contribution in [3.05, 3.63) is 52.5 Å². The van der Waals surface area contributed by atoms with Crippen molar-refractivity contribution < 1.29 is 4.74 Å². The van der Waals surface area contributed by atoms with E-state index in [1.165, 1.54) is 4.90 Å². The molecule has 0 spiro atoms. The monoisotopic (exact) mass is 323 g/mol. The number of thioether (sulfide) groups is 1. The normalized spacial score (nSPS) is 10.4. The molecule has 0 bridgehead atoms. The number of hydrogen-bond acceptors (Lipinski definition) is 3. The third-order valence-corrected chi connectivity index (χ3v) is 3.88. The average molecular weight is 324 g/mol. The molecule has 0 fully saturated rings. The summed E-state index contributed by atoms with van der Waals surface area (Å²) in [6.45, 7) is 0.529. The summed E-state index contributed by atoms with van der Waals surface area (Å²) < 4.78 is 6.73. The number of nitrogens with two attached hydrogens (primary N) is 1. The number of hydrogen-bond donors (Lipinski definition) is 1. The minimum atomic E-state index is 0.529. The van der Waals surface area contributed by atoms with Gasteiger partial charge in [-0.05, 0) is 64.1 Å². The number of rotatable bonds is 4. The zero-order valence-electron chi connectivity index (χ0n) is 10.0. The molecule has 0 aromatic heterocycles. The third-order valence-electron chi connectivity index (χ3n) is 2.52. The van der Waals surface area contributed by atoms with E-state index in [0.29, 0.717) is 6.54 Å². The SMILES string of the molecule is CSc1ccc(Oc2ccc(CN)cc2Br)cc1. The standard InChI is InChI=1S/C14H14BrNOS/c1-18-12-5-3-11(4-6-12)17-14-7-2-10(9-16)8-13(14)15/h2-8H,9,16H2,1H3. The quantitative estimate of drug-likeness (QED) is 0.846. The zero-order valence-corrected chi connectivity index (χ0v) is 12.4. The lowest BCUT2D eigenvalue weighted by Crippen LogP contribution is -1.96. The van der Waals surface area contributed by atoms with Crippen molar-refractivity contribution in [2.75, 3.05) is 6.26 Å². The molecule has 2 rings (SSSR count). The summed E-state index contributed by atoms with van der Waals surface area (Å²) in [5, 5.41) is 0. The zero-order chi connectivity index (χ0) is 13.0. The van der Waals surface area contributed by atoms with Crippen LogP contribution in [-0.2, 0) is 6.54 Å². The maximum atomic E-state index is 5.81. The van der Waals surface area contributed by atoms with Crippen LogP contribution in [0.4, 0.5) is 0 Å². The van der Waals surface area contributed by atoms with Gasteiger partial charge in [-0.25, -0.2) is 0 Å². The Morgan fingerprint density at radius 2 is 1.89 bits per heavy atom. The molecule has 2 aromatic carbocycles. The lowest BCUT2D eigenvalue weighted by Gasteiger charge is -2.09. The topological polar surface area (TPSA) is 35.2 Å². The molecule has 0 aliphatic rings. The van der Waals surface area contributed by atoms with Gasteiger partial charge in [0.2, 0.25) is 0 Å². The summed E-state index contributed by atoms with van der Waals surface area (Å²) >= 11 is 5.20. The summed E-state index contributed by atoms with van der Waals surface area (Å²) in [5.74, 6) is 1.62. The van der Waals surface area contributed by atoms with Crippen LogP contribution in [0.15, 0.2) is 51.8 Å². The largest absolute Gasteiger partial charge is 0.456 e. The Kier molecular flexibility index (Phi) is 4.69. The molecule has 2 nitrogen and oxygen atoms in total. The molecule has 0 unspecified atom stereocenters. The molecule has 0 atom stereocenters. The Bertz CT molecular complexity index is 528. The van der Waals surface area contributed by atoms with Gasteiger partial charge in [0.25, 0.3) is 0 Å². The minimum Gasteiger partial charge on any atom is -0.456 e. The first kappa shape index (κ1) is 13.5. The average Bonchev–Trinajstić information content (AvgIpc) is 2.42. The fraction of sp³-hybridized carbons (Fsp3) is 0.143. The number of ether oxygens (including phenoxy) is 1. The van der Waals surface area contributed by atoms with Gasteiger partial charge in [0.1, 0.15) is 11.5 Å². The minimum absolute atomic E-state index is 0.529. The molecule has 4 heteroatoms. The Morgan fingerprint density at radius 3 is 2.44 bits per heavy atom. The van der Waals surface area contributed by atoms with Crippen molar-refractivity contribution in [3.63, 3.8) is 0 Å². The Labute approximate surface area is 120 Å². The molecule has 0 saturated heterocycles. The lowest BCUT2D eigenvalue weighted by molar-refractivity contribution is 0.479. The smallest absolute Gasteiger partial charge is 0.141 e. The molecule has 0 amide bonds. The summed E-state index contributed by atoms with van der Waals surface area (Å²) in [7, 11) is 0. The van der Waals surface area contributed by atoms with Crippen LogP contribution in [0.1, 0.15) is 5.56 Å². The van der Waals surface area contributed by atoms with Gasteiger partial charge in [-0.1, -0.05) is 6.07 Å². The van der Waals surface area contributed by atoms with Gasteiger partial charge >= 0.3 is 0 Å². The van der Waals surface area contributed by atoms with Crippen LogP contribution in [0.25, 0.3) is 0 Å². The van der Waals surface area contributed by atoms with Crippen molar-refractivity contribution in [2.45, 2.75) is 11.4 Å². The highest BCUT2D eigenvalue weighted by atomic mass is 79.9. The predicted molar refractivity (Wildman–Crippen MR) is 80.3 cm³/mol. The highest BCUT2D eigenvalue weighted by Crippen LogP contribution is 2.31. The van der Waals surface area contributed by atoms with Crippen LogP contribution in [0.3, 0.4) is 0 Å². The van der Waals surface area contributed by atoms with E-state index in [0.717, 1.165) is 21.5 Å². The second-order valence-corrected chi connectivity index (χ2v) is 5.48. The van der Waals surface area contributed by atoms with Crippen LogP contribution in [0.2, 0.25) is 0 Å². The van der Waals surface area contributed by atoms with Crippen molar-refractivity contribution in [1.29, 1.82) is 0 Å². The number of benzene rings is 2. The fourth-order valence-electron chi connectivity index (χ4n) is 1.52. The molecule has 0 aliphatic carbocycles. The maximum Gasteiger partial charge on any atom is 0.141 e. The van der Waals surface area contributed by atoms with Crippen LogP contribution in [0, 0.1) is 0 Å². The van der Waals surface area contributed by atoms with Crippen LogP contribution in [0.5, 0.6) is 11.5 Å². The molecule has 0 aliphatic heterocycles. The predicted octanol–water partition coefficient (Wildman–Crippen LogP) is 4.42. The van der Waals surface area contributed by atoms with Gasteiger partial charge in [0.15, 0.2) is 0 Å². The lowest BCUT2D eigenvalue weighted by atomic mass is 10.2. The molecule has 94 valence electrons. The Balaban J connectivity index is 2.17. The Morgan fingerprint density at radius 1 is 1.17 bits per heavy atom. The van der Waals surface area contributed by atoms with E-state index in [4.69, 9.17) is 10.5 Å². The molecule has 0 radical (unpaired) electrons. The second kappa shape index (κ2) is 6.27. The molecule has 18 heavy (non-hydrogen) atoms. The van der Waals surface area contributed by atoms with E-state index in [2.05, 4.69) is 22.2 Å². The second-order valence-electron chi connectivity index (χ2n) is 3.75. The van der Waals surface area contributed by atoms with Gasteiger partial charge in [-0.2, -0.15) is 0 Å². The first-order valence-electron chi connectivity index (χ1n) is 5.53. The van der Waals surface area contributed by atoms with Gasteiger partial charge in [0, 0.05) is 11.4 Å². The highest BCUT2D eigenvalue weighted by Gasteiger charge is 2.03. The maximum absolute atomic E-state index is 5.81. The molecule has 2 aromatic rings. The molecular formula is C14H14BrNOS. The van der Waals surface area contributed by atoms with Crippen molar-refractivity contribution in [2.24, 2.45) is 5.73 Å². The Hall–Kier alpha value is -0.970. The van der Waals surface area contributed by atoms with E-state index in [1.807, 2.05) is 42.5 Å². The third kappa shape index (κ3) is 3.28. The van der Waals surface area contributed by atoms with Gasteiger partial charge in [-0.15, -0.1) is 11.8 Å². The van der Waals surface area contributed by atoms with Gasteiger partial charge in [-0.3, -0.25) is 0 Å². The molecule has 0 heterocycles. The first-order valence-corrected chi connectivity index (χ1v) is 7.55. The van der Waals surface area contributed by atoms with Crippen LogP contribution < -0.4 is 10.5 Å². The van der Waals surface area contributed by atoms with Gasteiger partial charge in [0.05, 0.1) is 4.47 Å². The van der Waals surface area contributed by atoms with E-state index < -0.39 is 0 Å². The van der Waals surface area contributed by atoms with Crippen LogP contribution >= 0.6 is 27.7 Å². The van der Waals surface area contributed by atoms with E-state index in [1.54, 1.807) is 11.8 Å². The van der Waals surface area contributed by atoms with E-state index in [-0.39, 0.29) is 0 Å². The van der Waals surface area contributed by atoms with Gasteiger partial charge < -0.3 is 10.5 Å². The highest BCUT2D eigenvalue weighted by molar-refractivity contribution is 9.10.